The molecule has 4 heterocycles. The average Bonchev–Trinajstić information content (AvgIpc) is 4.35. The lowest BCUT2D eigenvalue weighted by atomic mass is 9.94. The monoisotopic (exact) mass is 1140 g/mol. The van der Waals surface area contributed by atoms with Crippen LogP contribution in [0.4, 0.5) is 11.5 Å². The van der Waals surface area contributed by atoms with Gasteiger partial charge in [-0.2, -0.15) is 0 Å². The Balaban J connectivity index is 0.000000577. The molecule has 2 saturated heterocycles. The number of allylic oxidation sites excluding steroid dienone is 3. The molecule has 0 radical (unpaired) electrons. The number of nitrogens with one attached hydrogen (secondary N) is 4. The van der Waals surface area contributed by atoms with Crippen LogP contribution in [0.3, 0.4) is 0 Å². The molecule has 2 aromatic heterocycles. The first-order chi connectivity index (χ1) is 40.1. The lowest BCUT2D eigenvalue weighted by Crippen LogP contribution is -2.26. The third-order valence-electron chi connectivity index (χ3n) is 15.5. The van der Waals surface area contributed by atoms with Crippen molar-refractivity contribution < 1.29 is 4.79 Å². The van der Waals surface area contributed by atoms with Crippen LogP contribution in [0, 0.1) is 19.8 Å². The summed E-state index contributed by atoms with van der Waals surface area (Å²) in [6.07, 6.45) is 23.8. The Kier molecular flexibility index (Phi) is 29.3. The maximum atomic E-state index is 13.3. The van der Waals surface area contributed by atoms with Gasteiger partial charge in [0.15, 0.2) is 5.82 Å². The molecule has 2 aliphatic heterocycles. The summed E-state index contributed by atoms with van der Waals surface area (Å²) < 4.78 is 3.75. The molecular formula is C72H107N11O. The Morgan fingerprint density at radius 2 is 1.44 bits per heavy atom. The zero-order valence-corrected chi connectivity index (χ0v) is 53.5. The molecule has 0 bridgehead atoms. The molecule has 0 spiro atoms. The van der Waals surface area contributed by atoms with Crippen LogP contribution in [0.15, 0.2) is 159 Å². The number of likely N-dealkylation sites (tertiary alicyclic amines) is 2. The SMILES string of the molecule is C=C(CCN1C(=C)CC(C)C1=C)NCCCCCC.C=CC1CC(=C)CN1C(=C)c1cc(C)c(CCCC/C(N)=N\c2cn(C)c(C(=O)Nc3ccc(-c4cc(C(=C)NCCCCC(=C)CNC(=C)CCC)n(C)c4)cc3)n2)cc1C.CCC. The number of nitrogens with two attached hydrogens (primary N) is 1. The minimum Gasteiger partial charge on any atom is -0.389 e. The van der Waals surface area contributed by atoms with E-state index in [-0.39, 0.29) is 17.8 Å². The fourth-order valence-corrected chi connectivity index (χ4v) is 10.5. The Morgan fingerprint density at radius 1 is 0.762 bits per heavy atom. The molecule has 2 unspecified atom stereocenters. The number of hydrogen-bond acceptors (Lipinski definition) is 8. The Hall–Kier alpha value is -7.47. The Morgan fingerprint density at radius 3 is 2.11 bits per heavy atom. The number of amidine groups is 1. The van der Waals surface area contributed by atoms with Gasteiger partial charge in [-0.3, -0.25) is 4.79 Å². The van der Waals surface area contributed by atoms with Crippen LogP contribution < -0.4 is 27.0 Å². The van der Waals surface area contributed by atoms with E-state index in [4.69, 9.17) is 5.73 Å². The normalized spacial score (nSPS) is 14.8. The highest BCUT2D eigenvalue weighted by atomic mass is 16.2. The predicted molar refractivity (Wildman–Crippen MR) is 363 cm³/mol. The van der Waals surface area contributed by atoms with E-state index in [1.165, 1.54) is 76.9 Å². The van der Waals surface area contributed by atoms with Crippen LogP contribution >= 0.6 is 0 Å². The molecule has 4 aromatic rings. The highest BCUT2D eigenvalue weighted by Crippen LogP contribution is 2.35. The Bertz CT molecular complexity index is 2920. The third kappa shape index (κ3) is 21.9. The molecule has 0 aliphatic carbocycles. The van der Waals surface area contributed by atoms with Crippen molar-refractivity contribution in [1.82, 2.24) is 39.9 Å². The number of amides is 1. The van der Waals surface area contributed by atoms with E-state index in [2.05, 4.69) is 178 Å². The van der Waals surface area contributed by atoms with E-state index >= 15 is 0 Å². The van der Waals surface area contributed by atoms with E-state index in [9.17, 15) is 4.79 Å². The number of rotatable bonds is 33. The largest absolute Gasteiger partial charge is 0.389 e. The molecule has 12 nitrogen and oxygen atoms in total. The Labute approximate surface area is 508 Å². The molecule has 2 atom stereocenters. The molecular weight excluding hydrogens is 1030 g/mol. The first kappa shape index (κ1) is 69.0. The topological polar surface area (TPSA) is 133 Å². The summed E-state index contributed by atoms with van der Waals surface area (Å²) in [6.45, 7) is 57.3. The van der Waals surface area contributed by atoms with Crippen molar-refractivity contribution in [2.45, 2.75) is 164 Å². The van der Waals surface area contributed by atoms with Gasteiger partial charge in [-0.25, -0.2) is 9.98 Å². The molecule has 1 amide bonds. The number of aromatic nitrogens is 3. The van der Waals surface area contributed by atoms with Crippen LogP contribution in [-0.2, 0) is 20.5 Å². The number of aliphatic imine (C=N–C) groups is 1. The van der Waals surface area contributed by atoms with Crippen LogP contribution in [0.5, 0.6) is 0 Å². The summed E-state index contributed by atoms with van der Waals surface area (Å²) in [6, 6.07) is 14.7. The van der Waals surface area contributed by atoms with Gasteiger partial charge >= 0.3 is 0 Å². The van der Waals surface area contributed by atoms with Crippen molar-refractivity contribution in [3.05, 3.63) is 188 Å². The fourth-order valence-electron chi connectivity index (χ4n) is 10.5. The zero-order valence-electron chi connectivity index (χ0n) is 53.5. The summed E-state index contributed by atoms with van der Waals surface area (Å²) in [5.74, 6) is 1.38. The predicted octanol–water partition coefficient (Wildman–Crippen LogP) is 16.5. The maximum absolute atomic E-state index is 13.3. The van der Waals surface area contributed by atoms with Gasteiger partial charge in [0.25, 0.3) is 5.91 Å². The van der Waals surface area contributed by atoms with Crippen LogP contribution in [-0.4, -0.2) is 74.4 Å². The summed E-state index contributed by atoms with van der Waals surface area (Å²) in [7, 11) is 3.80. The number of imidazole rings is 1. The molecule has 0 saturated carbocycles. The van der Waals surface area contributed by atoms with Crippen molar-refractivity contribution in [2.24, 2.45) is 30.7 Å². The minimum absolute atomic E-state index is 0.245. The second-order valence-corrected chi connectivity index (χ2v) is 23.2. The first-order valence-electron chi connectivity index (χ1n) is 31.0. The van der Waals surface area contributed by atoms with Crippen molar-refractivity contribution in [2.75, 3.05) is 38.0 Å². The fraction of sp³-hybridized carbons (Fsp3) is 0.458. The number of aryl methyl sites for hydroxylation is 5. The summed E-state index contributed by atoms with van der Waals surface area (Å²) in [4.78, 5) is 26.9. The van der Waals surface area contributed by atoms with E-state index in [1.54, 1.807) is 17.8 Å². The summed E-state index contributed by atoms with van der Waals surface area (Å²) in [5, 5.41) is 13.3. The molecule has 12 heteroatoms. The molecule has 6 rings (SSSR count). The van der Waals surface area contributed by atoms with Gasteiger partial charge in [0.2, 0.25) is 5.82 Å². The van der Waals surface area contributed by atoms with E-state index in [1.807, 2.05) is 37.4 Å². The molecule has 84 heavy (non-hydrogen) atoms. The number of carbonyl (C=O) groups is 1. The molecule has 2 fully saturated rings. The summed E-state index contributed by atoms with van der Waals surface area (Å²) >= 11 is 0. The lowest BCUT2D eigenvalue weighted by Gasteiger charge is -2.28. The maximum Gasteiger partial charge on any atom is 0.291 e. The quantitative estimate of drug-likeness (QED) is 0.0138. The van der Waals surface area contributed by atoms with Gasteiger partial charge in [-0.15, -0.1) is 6.58 Å². The van der Waals surface area contributed by atoms with Gasteiger partial charge in [-0.1, -0.05) is 155 Å². The first-order valence-corrected chi connectivity index (χ1v) is 31.0. The second kappa shape index (κ2) is 35.6. The highest BCUT2D eigenvalue weighted by Gasteiger charge is 2.28. The van der Waals surface area contributed by atoms with Crippen molar-refractivity contribution >= 4 is 34.6 Å². The van der Waals surface area contributed by atoms with Gasteiger partial charge in [0.1, 0.15) is 5.84 Å². The number of benzene rings is 2. The number of anilines is 1. The van der Waals surface area contributed by atoms with Gasteiger partial charge < -0.3 is 45.9 Å². The van der Waals surface area contributed by atoms with E-state index < -0.39 is 0 Å². The number of unbranched alkanes of at least 4 members (excludes halogenated alkanes) is 5. The van der Waals surface area contributed by atoms with Gasteiger partial charge in [0.05, 0.1) is 23.6 Å². The lowest BCUT2D eigenvalue weighted by molar-refractivity contribution is 0.101. The number of carbonyl (C=O) groups excluding carboxylic acids is 1. The van der Waals surface area contributed by atoms with Gasteiger partial charge in [0, 0.05) is 117 Å². The average molecular weight is 1140 g/mol. The zero-order chi connectivity index (χ0) is 61.9. The van der Waals surface area contributed by atoms with Crippen molar-refractivity contribution in [1.29, 1.82) is 0 Å². The third-order valence-corrected chi connectivity index (χ3v) is 15.5. The number of nitrogens with zero attached hydrogens (tertiary/aromatic N) is 6. The minimum atomic E-state index is -0.324. The molecule has 6 N–H and O–H groups in total. The highest BCUT2D eigenvalue weighted by molar-refractivity contribution is 6.02. The molecule has 2 aromatic carbocycles. The smallest absolute Gasteiger partial charge is 0.291 e. The second-order valence-electron chi connectivity index (χ2n) is 23.2. The van der Waals surface area contributed by atoms with Crippen LogP contribution in [0.1, 0.15) is 176 Å². The number of hydrogen-bond donors (Lipinski definition) is 5. The summed E-state index contributed by atoms with van der Waals surface area (Å²) in [5.41, 5.74) is 24.1. The standard InChI is InChI=1S/C52H69N9O.C17H30N2.C3H8/c1-12-18-39(7)55-31-35(3)19-16-17-26-54-40(8)48-30-44(33-59(48)10)42-22-24-45(25-23-42)56-52(62)51-58-50(34-60(51)11)57-49(53)21-15-14-20-43-28-38(6)47(29-37(43)5)41(9)61-32-36(4)27-46(61)13-2;1-6-7-8-9-11-18-15(3)10-12-19-16(4)13-14(2)17(19)5;1-3-2/h13,22-25,28-30,33-34,46,54-55H,2-4,7-9,12,14-21,26-27,31-32H2,1,5-6,10-11H3,(H2,53,57)(H,56,62);14,18H,3-13H2,1-2H3;3H2,1-2H3. The van der Waals surface area contributed by atoms with Crippen LogP contribution in [0.2, 0.25) is 0 Å². The van der Waals surface area contributed by atoms with E-state index in [0.29, 0.717) is 29.7 Å². The van der Waals surface area contributed by atoms with Crippen LogP contribution in [0.25, 0.3) is 22.5 Å². The van der Waals surface area contributed by atoms with Crippen molar-refractivity contribution in [3.8, 4) is 11.1 Å². The molecule has 456 valence electrons. The van der Waals surface area contributed by atoms with Gasteiger partial charge in [-0.05, 0) is 125 Å². The van der Waals surface area contributed by atoms with Crippen molar-refractivity contribution in [3.63, 3.8) is 0 Å². The molecule has 2 aliphatic rings. The van der Waals surface area contributed by atoms with E-state index in [0.717, 1.165) is 143 Å².